The van der Waals surface area contributed by atoms with Crippen LogP contribution >= 0.6 is 0 Å². The maximum Gasteiger partial charge on any atom is 0.233 e. The number of hydrogen-bond donors (Lipinski definition) is 0. The molecule has 1 atom stereocenters. The smallest absolute Gasteiger partial charge is 0.233 e. The van der Waals surface area contributed by atoms with Crippen LogP contribution in [0, 0.1) is 6.92 Å². The van der Waals surface area contributed by atoms with Crippen LogP contribution < -0.4 is 4.74 Å². The first-order chi connectivity index (χ1) is 16.6. The average Bonchev–Trinajstić information content (AvgIpc) is 3.39. The number of carbonyl (C=O) groups is 1. The lowest BCUT2D eigenvalue weighted by Crippen LogP contribution is -2.49. The molecular weight excluding hydrogens is 426 g/mol. The van der Waals surface area contributed by atoms with Gasteiger partial charge in [0, 0.05) is 31.5 Å². The lowest BCUT2D eigenvalue weighted by atomic mass is 9.72. The molecule has 1 aromatic heterocycles. The Labute approximate surface area is 201 Å². The number of amides is 1. The van der Waals surface area contributed by atoms with Gasteiger partial charge in [0.05, 0.1) is 24.3 Å². The summed E-state index contributed by atoms with van der Waals surface area (Å²) < 4.78 is 10.9. The van der Waals surface area contributed by atoms with E-state index in [0.29, 0.717) is 31.9 Å². The standard InChI is InChI=1S/C28H31N3O3/c1-20-5-3-6-22(19-20)28(13-17-34-18-14-28)27(32)31-16-4-7-25(31)24-12-15-29-26(30-24)21-8-10-23(33-2)11-9-21/h3,5-6,8-12,15,19,25H,4,7,13-14,16-18H2,1-2H3/t25-/m1/s1. The minimum Gasteiger partial charge on any atom is -0.497 e. The summed E-state index contributed by atoms with van der Waals surface area (Å²) in [5.74, 6) is 1.66. The van der Waals surface area contributed by atoms with E-state index in [4.69, 9.17) is 14.5 Å². The minimum absolute atomic E-state index is 0.0444. The van der Waals surface area contributed by atoms with Gasteiger partial charge in [0.1, 0.15) is 5.75 Å². The van der Waals surface area contributed by atoms with E-state index in [2.05, 4.69) is 41.1 Å². The van der Waals surface area contributed by atoms with Crippen LogP contribution in [-0.2, 0) is 14.9 Å². The largest absolute Gasteiger partial charge is 0.497 e. The maximum absolute atomic E-state index is 14.3. The van der Waals surface area contributed by atoms with E-state index in [1.54, 1.807) is 13.3 Å². The number of nitrogens with zero attached hydrogens (tertiary/aromatic N) is 3. The molecule has 2 aliphatic heterocycles. The van der Waals surface area contributed by atoms with Gasteiger partial charge in [0.15, 0.2) is 5.82 Å². The molecule has 3 heterocycles. The van der Waals surface area contributed by atoms with Gasteiger partial charge in [-0.2, -0.15) is 0 Å². The van der Waals surface area contributed by atoms with Crippen LogP contribution in [0.5, 0.6) is 5.75 Å². The van der Waals surface area contributed by atoms with E-state index in [0.717, 1.165) is 42.0 Å². The molecule has 2 fully saturated rings. The number of methoxy groups -OCH3 is 1. The Bertz CT molecular complexity index is 1160. The van der Waals surface area contributed by atoms with Crippen LogP contribution in [0.3, 0.4) is 0 Å². The van der Waals surface area contributed by atoms with E-state index in [1.165, 1.54) is 5.56 Å². The highest BCUT2D eigenvalue weighted by atomic mass is 16.5. The second kappa shape index (κ2) is 9.55. The second-order valence-corrected chi connectivity index (χ2v) is 9.25. The van der Waals surface area contributed by atoms with Crippen molar-refractivity contribution in [2.24, 2.45) is 0 Å². The maximum atomic E-state index is 14.3. The molecule has 6 heteroatoms. The molecule has 5 rings (SSSR count). The molecule has 0 unspecified atom stereocenters. The molecule has 3 aromatic rings. The van der Waals surface area contributed by atoms with Crippen molar-refractivity contribution in [2.45, 2.75) is 44.1 Å². The van der Waals surface area contributed by atoms with Crippen LogP contribution in [0.25, 0.3) is 11.4 Å². The monoisotopic (exact) mass is 457 g/mol. The molecule has 176 valence electrons. The number of benzene rings is 2. The molecule has 1 amide bonds. The summed E-state index contributed by atoms with van der Waals surface area (Å²) in [7, 11) is 1.65. The number of rotatable bonds is 5. The number of aromatic nitrogens is 2. The number of hydrogen-bond acceptors (Lipinski definition) is 5. The van der Waals surface area contributed by atoms with Crippen LogP contribution in [-0.4, -0.2) is 47.6 Å². The molecule has 2 aliphatic rings. The number of aryl methyl sites for hydroxylation is 1. The summed E-state index contributed by atoms with van der Waals surface area (Å²) in [4.78, 5) is 25.7. The lowest BCUT2D eigenvalue weighted by Gasteiger charge is -2.41. The van der Waals surface area contributed by atoms with Gasteiger partial charge in [0.25, 0.3) is 0 Å². The predicted molar refractivity (Wildman–Crippen MR) is 131 cm³/mol. The summed E-state index contributed by atoms with van der Waals surface area (Å²) in [5.41, 5.74) is 3.57. The summed E-state index contributed by atoms with van der Waals surface area (Å²) >= 11 is 0. The predicted octanol–water partition coefficient (Wildman–Crippen LogP) is 4.87. The van der Waals surface area contributed by atoms with Crippen LogP contribution in [0.2, 0.25) is 0 Å². The Balaban J connectivity index is 1.47. The first kappa shape index (κ1) is 22.5. The summed E-state index contributed by atoms with van der Waals surface area (Å²) in [5, 5.41) is 0. The third kappa shape index (κ3) is 4.18. The minimum atomic E-state index is -0.543. The average molecular weight is 458 g/mol. The molecular formula is C28H31N3O3. The normalized spacial score (nSPS) is 19.7. The first-order valence-corrected chi connectivity index (χ1v) is 12.0. The Kier molecular flexibility index (Phi) is 6.33. The van der Waals surface area contributed by atoms with Gasteiger partial charge in [-0.15, -0.1) is 0 Å². The third-order valence-corrected chi connectivity index (χ3v) is 7.21. The molecule has 2 aromatic carbocycles. The van der Waals surface area contributed by atoms with Gasteiger partial charge in [-0.1, -0.05) is 29.8 Å². The van der Waals surface area contributed by atoms with Crippen molar-refractivity contribution in [2.75, 3.05) is 26.9 Å². The fraction of sp³-hybridized carbons (Fsp3) is 0.393. The molecule has 0 saturated carbocycles. The Morgan fingerprint density at radius 3 is 2.65 bits per heavy atom. The molecule has 0 N–H and O–H groups in total. The van der Waals surface area contributed by atoms with Crippen LogP contribution in [0.15, 0.2) is 60.8 Å². The zero-order valence-electron chi connectivity index (χ0n) is 19.9. The van der Waals surface area contributed by atoms with Crippen LogP contribution in [0.4, 0.5) is 0 Å². The molecule has 0 spiro atoms. The summed E-state index contributed by atoms with van der Waals surface area (Å²) in [6.45, 7) is 4.04. The van der Waals surface area contributed by atoms with Crippen molar-refractivity contribution in [3.05, 3.63) is 77.6 Å². The van der Waals surface area contributed by atoms with E-state index in [1.807, 2.05) is 30.3 Å². The SMILES string of the molecule is COc1ccc(-c2nccc([C@H]3CCCN3C(=O)C3(c4cccc(C)c4)CCOCC3)n2)cc1. The quantitative estimate of drug-likeness (QED) is 0.547. The van der Waals surface area contributed by atoms with Gasteiger partial charge in [0.2, 0.25) is 5.91 Å². The van der Waals surface area contributed by atoms with Crippen molar-refractivity contribution in [3.8, 4) is 17.1 Å². The van der Waals surface area contributed by atoms with E-state index >= 15 is 0 Å². The molecule has 34 heavy (non-hydrogen) atoms. The Morgan fingerprint density at radius 1 is 1.12 bits per heavy atom. The Hall–Kier alpha value is -3.25. The lowest BCUT2D eigenvalue weighted by molar-refractivity contribution is -0.142. The first-order valence-electron chi connectivity index (χ1n) is 12.0. The van der Waals surface area contributed by atoms with E-state index in [-0.39, 0.29) is 11.9 Å². The summed E-state index contributed by atoms with van der Waals surface area (Å²) in [6, 6.07) is 18.1. The molecule has 0 aliphatic carbocycles. The highest BCUT2D eigenvalue weighted by molar-refractivity contribution is 5.89. The van der Waals surface area contributed by atoms with Crippen LogP contribution in [0.1, 0.15) is 48.5 Å². The molecule has 0 radical (unpaired) electrons. The van der Waals surface area contributed by atoms with Gasteiger partial charge >= 0.3 is 0 Å². The second-order valence-electron chi connectivity index (χ2n) is 9.25. The highest BCUT2D eigenvalue weighted by Crippen LogP contribution is 2.42. The number of ether oxygens (including phenoxy) is 2. The molecule has 2 saturated heterocycles. The number of carbonyl (C=O) groups excluding carboxylic acids is 1. The van der Waals surface area contributed by atoms with Gasteiger partial charge in [-0.05, 0) is 68.5 Å². The topological polar surface area (TPSA) is 64.5 Å². The van der Waals surface area contributed by atoms with Gasteiger partial charge in [-0.3, -0.25) is 4.79 Å². The van der Waals surface area contributed by atoms with Crippen molar-refractivity contribution >= 4 is 5.91 Å². The molecule has 6 nitrogen and oxygen atoms in total. The van der Waals surface area contributed by atoms with Gasteiger partial charge in [-0.25, -0.2) is 9.97 Å². The fourth-order valence-electron chi connectivity index (χ4n) is 5.32. The fourth-order valence-corrected chi connectivity index (χ4v) is 5.32. The van der Waals surface area contributed by atoms with Crippen molar-refractivity contribution < 1.29 is 14.3 Å². The Morgan fingerprint density at radius 2 is 1.91 bits per heavy atom. The number of likely N-dealkylation sites (tertiary alicyclic amines) is 1. The van der Waals surface area contributed by atoms with E-state index in [9.17, 15) is 4.79 Å². The van der Waals surface area contributed by atoms with Crippen molar-refractivity contribution in [1.29, 1.82) is 0 Å². The third-order valence-electron chi connectivity index (χ3n) is 7.21. The van der Waals surface area contributed by atoms with Gasteiger partial charge < -0.3 is 14.4 Å². The molecule has 0 bridgehead atoms. The van der Waals surface area contributed by atoms with Crippen molar-refractivity contribution in [1.82, 2.24) is 14.9 Å². The van der Waals surface area contributed by atoms with E-state index < -0.39 is 5.41 Å². The zero-order valence-corrected chi connectivity index (χ0v) is 19.9. The highest BCUT2D eigenvalue weighted by Gasteiger charge is 2.47. The summed E-state index contributed by atoms with van der Waals surface area (Å²) in [6.07, 6.45) is 5.09. The van der Waals surface area contributed by atoms with Crippen molar-refractivity contribution in [3.63, 3.8) is 0 Å². The zero-order chi connectivity index (χ0) is 23.5.